The van der Waals surface area contributed by atoms with E-state index in [0.717, 1.165) is 95.9 Å². The number of amides is 4. The number of carbonyl (C=O) groups is 3. The van der Waals surface area contributed by atoms with Crippen LogP contribution >= 0.6 is 11.8 Å². The van der Waals surface area contributed by atoms with E-state index in [0.29, 0.717) is 23.6 Å². The Labute approximate surface area is 281 Å². The van der Waals surface area contributed by atoms with Gasteiger partial charge in [-0.05, 0) is 68.8 Å². The molecule has 1 aromatic rings. The molecule has 0 bridgehead atoms. The van der Waals surface area contributed by atoms with Crippen LogP contribution in [0.4, 0.5) is 10.5 Å². The number of urea groups is 1. The highest BCUT2D eigenvalue weighted by molar-refractivity contribution is 8.00. The molecule has 4 amide bonds. The summed E-state index contributed by atoms with van der Waals surface area (Å²) in [4.78, 5) is 44.1. The van der Waals surface area contributed by atoms with Gasteiger partial charge in [-0.3, -0.25) is 14.5 Å². The van der Waals surface area contributed by atoms with Gasteiger partial charge in [0, 0.05) is 55.3 Å². The van der Waals surface area contributed by atoms with Crippen LogP contribution in [-0.2, 0) is 16.0 Å². The van der Waals surface area contributed by atoms with Gasteiger partial charge in [-0.25, -0.2) is 4.79 Å². The summed E-state index contributed by atoms with van der Waals surface area (Å²) in [6.45, 7) is 20.7. The third-order valence-corrected chi connectivity index (χ3v) is 11.1. The normalized spacial score (nSPS) is 25.4. The van der Waals surface area contributed by atoms with Gasteiger partial charge in [0.1, 0.15) is 0 Å². The number of benzene rings is 1. The minimum absolute atomic E-state index is 0.0395. The van der Waals surface area contributed by atoms with E-state index in [1.54, 1.807) is 0 Å². The first kappa shape index (κ1) is 36.5. The quantitative estimate of drug-likeness (QED) is 0.116. The fourth-order valence-corrected chi connectivity index (χ4v) is 8.41. The largest absolute Gasteiger partial charge is 0.361 e. The van der Waals surface area contributed by atoms with Gasteiger partial charge in [0.2, 0.25) is 11.8 Å². The number of hydrogen-bond acceptors (Lipinski definition) is 7. The molecule has 46 heavy (non-hydrogen) atoms. The molecule has 3 aliphatic rings. The molecule has 4 N–H and O–H groups in total. The van der Waals surface area contributed by atoms with Gasteiger partial charge in [-0.2, -0.15) is 11.8 Å². The molecule has 3 heterocycles. The number of carbonyl (C=O) groups excluding carboxylic acids is 3. The molecule has 3 aliphatic heterocycles. The molecule has 4 rings (SSSR count). The van der Waals surface area contributed by atoms with E-state index in [-0.39, 0.29) is 36.5 Å². The summed E-state index contributed by atoms with van der Waals surface area (Å²) in [6, 6.07) is 8.96. The molecule has 3 saturated heterocycles. The monoisotopic (exact) mass is 655 g/mol. The van der Waals surface area contributed by atoms with Crippen LogP contribution in [0.15, 0.2) is 24.3 Å². The SMILES string of the molecule is [CH2-]CN(C[CH2-])CCN1CCC(C)CN(CCC)C(Cc2ccc(NC(=O)CNC(=O)CCCCC3SCC4NC(=O)NC43)cc2)C1. The number of anilines is 1. The van der Waals surface area contributed by atoms with Crippen molar-refractivity contribution in [3.63, 3.8) is 0 Å². The van der Waals surface area contributed by atoms with E-state index in [1.165, 1.54) is 12.0 Å². The molecule has 5 unspecified atom stereocenters. The Bertz CT molecular complexity index is 1100. The molecule has 0 spiro atoms. The zero-order valence-corrected chi connectivity index (χ0v) is 28.9. The summed E-state index contributed by atoms with van der Waals surface area (Å²) in [7, 11) is 0. The molecular formula is C35H57N7O3S-2. The van der Waals surface area contributed by atoms with Gasteiger partial charge >= 0.3 is 6.03 Å². The lowest BCUT2D eigenvalue weighted by molar-refractivity contribution is -0.124. The molecule has 0 aromatic heterocycles. The van der Waals surface area contributed by atoms with Crippen molar-refractivity contribution >= 4 is 35.3 Å². The Kier molecular flexibility index (Phi) is 15.0. The summed E-state index contributed by atoms with van der Waals surface area (Å²) in [5, 5.41) is 12.0. The number of nitrogens with one attached hydrogen (secondary N) is 4. The van der Waals surface area contributed by atoms with Gasteiger partial charge in [-0.1, -0.05) is 32.4 Å². The van der Waals surface area contributed by atoms with E-state index < -0.39 is 0 Å². The maximum Gasteiger partial charge on any atom is 0.315 e. The number of rotatable bonds is 17. The van der Waals surface area contributed by atoms with Gasteiger partial charge in [0.05, 0.1) is 18.6 Å². The van der Waals surface area contributed by atoms with E-state index in [4.69, 9.17) is 0 Å². The maximum absolute atomic E-state index is 12.6. The molecule has 10 nitrogen and oxygen atoms in total. The van der Waals surface area contributed by atoms with Crippen molar-refractivity contribution < 1.29 is 14.4 Å². The number of thioether (sulfide) groups is 1. The van der Waals surface area contributed by atoms with Crippen molar-refractivity contribution in [3.8, 4) is 0 Å². The third kappa shape index (κ3) is 11.4. The summed E-state index contributed by atoms with van der Waals surface area (Å²) in [5.74, 6) is 1.27. The van der Waals surface area contributed by atoms with E-state index >= 15 is 0 Å². The van der Waals surface area contributed by atoms with Gasteiger partial charge in [0.15, 0.2) is 0 Å². The van der Waals surface area contributed by atoms with Crippen molar-refractivity contribution in [3.05, 3.63) is 43.7 Å². The molecular weight excluding hydrogens is 598 g/mol. The van der Waals surface area contributed by atoms with Crippen molar-refractivity contribution in [2.24, 2.45) is 5.92 Å². The zero-order chi connectivity index (χ0) is 32.9. The second kappa shape index (κ2) is 18.9. The lowest BCUT2D eigenvalue weighted by Crippen LogP contribution is -2.51. The second-order valence-electron chi connectivity index (χ2n) is 13.3. The Morgan fingerprint density at radius 2 is 1.85 bits per heavy atom. The summed E-state index contributed by atoms with van der Waals surface area (Å²) in [5.41, 5.74) is 2.00. The zero-order valence-electron chi connectivity index (χ0n) is 28.1. The molecule has 11 heteroatoms. The second-order valence-corrected chi connectivity index (χ2v) is 14.6. The third-order valence-electron chi connectivity index (χ3n) is 9.58. The van der Waals surface area contributed by atoms with Gasteiger partial charge < -0.3 is 44.9 Å². The molecule has 258 valence electrons. The van der Waals surface area contributed by atoms with Crippen LogP contribution in [0.3, 0.4) is 0 Å². The van der Waals surface area contributed by atoms with Crippen LogP contribution in [0.1, 0.15) is 57.9 Å². The predicted molar refractivity (Wildman–Crippen MR) is 189 cm³/mol. The number of hydrogen-bond donors (Lipinski definition) is 4. The van der Waals surface area contributed by atoms with Gasteiger partial charge in [-0.15, -0.1) is 13.1 Å². The van der Waals surface area contributed by atoms with Crippen LogP contribution in [0.25, 0.3) is 0 Å². The van der Waals surface area contributed by atoms with Crippen molar-refractivity contribution in [2.45, 2.75) is 82.2 Å². The lowest BCUT2D eigenvalue weighted by Gasteiger charge is -2.41. The standard InChI is InChI=1S/C35H57N7O3S/c1-5-17-42-23-26(4)16-18-41(20-19-40(6-2)7-3)24-29(42)21-27-12-14-28(15-13-27)37-33(44)22-36-32(43)11-9-8-10-31-34-30(25-46-31)38-35(45)39-34/h12-15,26,29-31,34H,2-3,5-11,16-25H2,1,4H3,(H,36,43)(H,37,44)(H2,38,39,45)/q-2. The van der Waals surface area contributed by atoms with E-state index in [1.807, 2.05) is 23.9 Å². The fraction of sp³-hybridized carbons (Fsp3) is 0.686. The van der Waals surface area contributed by atoms with Crippen LogP contribution in [-0.4, -0.2) is 121 Å². The first-order valence-electron chi connectivity index (χ1n) is 17.4. The Morgan fingerprint density at radius 3 is 2.59 bits per heavy atom. The average Bonchev–Trinajstić information content (AvgIpc) is 3.59. The first-order valence-corrected chi connectivity index (χ1v) is 18.4. The molecule has 0 saturated carbocycles. The number of nitrogens with zero attached hydrogens (tertiary/aromatic N) is 3. The number of unbranched alkanes of at least 4 members (excludes halogenated alkanes) is 1. The summed E-state index contributed by atoms with van der Waals surface area (Å²) in [6.07, 6.45) is 6.38. The van der Waals surface area contributed by atoms with Gasteiger partial charge in [0.25, 0.3) is 0 Å². The van der Waals surface area contributed by atoms with Crippen molar-refractivity contribution in [2.75, 3.05) is 70.0 Å². The molecule has 0 radical (unpaired) electrons. The minimum atomic E-state index is -0.226. The van der Waals surface area contributed by atoms with Crippen LogP contribution in [0.2, 0.25) is 0 Å². The minimum Gasteiger partial charge on any atom is -0.361 e. The van der Waals surface area contributed by atoms with E-state index in [2.05, 4.69) is 75.8 Å². The molecule has 0 aliphatic carbocycles. The topological polar surface area (TPSA) is 109 Å². The average molecular weight is 656 g/mol. The highest BCUT2D eigenvalue weighted by Crippen LogP contribution is 2.33. The van der Waals surface area contributed by atoms with Crippen molar-refractivity contribution in [1.29, 1.82) is 0 Å². The highest BCUT2D eigenvalue weighted by Gasteiger charge is 2.42. The fourth-order valence-electron chi connectivity index (χ4n) is 6.87. The number of fused-ring (bicyclic) bond motifs is 1. The summed E-state index contributed by atoms with van der Waals surface area (Å²) >= 11 is 1.89. The first-order chi connectivity index (χ1) is 22.3. The summed E-state index contributed by atoms with van der Waals surface area (Å²) < 4.78 is 0. The Balaban J connectivity index is 1.19. The predicted octanol–water partition coefficient (Wildman–Crippen LogP) is 3.40. The van der Waals surface area contributed by atoms with Crippen molar-refractivity contribution in [1.82, 2.24) is 30.7 Å². The maximum atomic E-state index is 12.6. The van der Waals surface area contributed by atoms with Crippen LogP contribution in [0.5, 0.6) is 0 Å². The Morgan fingerprint density at radius 1 is 1.07 bits per heavy atom. The van der Waals surface area contributed by atoms with E-state index in [9.17, 15) is 14.4 Å². The Hall–Kier alpha value is -2.34. The molecule has 3 fully saturated rings. The van der Waals surface area contributed by atoms with Crippen LogP contribution in [0, 0.1) is 19.8 Å². The lowest BCUT2D eigenvalue weighted by atomic mass is 9.98. The smallest absolute Gasteiger partial charge is 0.315 e. The molecule has 1 aromatic carbocycles. The molecule has 5 atom stereocenters. The van der Waals surface area contributed by atoms with Crippen LogP contribution < -0.4 is 21.3 Å². The highest BCUT2D eigenvalue weighted by atomic mass is 32.2.